The zero-order valence-corrected chi connectivity index (χ0v) is 8.63. The van der Waals surface area contributed by atoms with Gasteiger partial charge in [-0.2, -0.15) is 0 Å². The molecule has 0 spiro atoms. The van der Waals surface area contributed by atoms with Gasteiger partial charge in [-0.1, -0.05) is 0 Å². The van der Waals surface area contributed by atoms with Crippen LogP contribution >= 0.6 is 15.9 Å². The lowest BCUT2D eigenvalue weighted by atomic mass is 10.2. The first-order chi connectivity index (χ1) is 6.59. The molecule has 0 aliphatic carbocycles. The first-order valence-electron chi connectivity index (χ1n) is 3.89. The fourth-order valence-corrected chi connectivity index (χ4v) is 1.66. The van der Waals surface area contributed by atoms with Crippen LogP contribution in [0.3, 0.4) is 0 Å². The molecule has 14 heavy (non-hydrogen) atoms. The minimum Gasteiger partial charge on any atom is -0.477 e. The average Bonchev–Trinajstić information content (AvgIpc) is 2.56. The number of halogens is 1. The number of anilines is 1. The Labute approximate surface area is 87.9 Å². The number of nitrogen functional groups attached to an aromatic ring is 1. The van der Waals surface area contributed by atoms with Crippen molar-refractivity contribution >= 4 is 38.5 Å². The van der Waals surface area contributed by atoms with Crippen molar-refractivity contribution in [3.8, 4) is 0 Å². The molecule has 0 atom stereocenters. The highest BCUT2D eigenvalue weighted by atomic mass is 79.9. The fraction of sp³-hybridized carbons (Fsp3) is 0. The summed E-state index contributed by atoms with van der Waals surface area (Å²) in [7, 11) is 0. The first-order valence-corrected chi connectivity index (χ1v) is 4.69. The number of nitrogens with one attached hydrogen (secondary N) is 1. The Bertz CT molecular complexity index is 519. The van der Waals surface area contributed by atoms with Gasteiger partial charge < -0.3 is 15.8 Å². The summed E-state index contributed by atoms with van der Waals surface area (Å²) in [6.45, 7) is 0. The van der Waals surface area contributed by atoms with Crippen molar-refractivity contribution in [2.75, 3.05) is 5.73 Å². The number of aromatic amines is 1. The van der Waals surface area contributed by atoms with E-state index < -0.39 is 5.97 Å². The first kappa shape index (κ1) is 9.08. The number of aromatic nitrogens is 1. The molecule has 0 radical (unpaired) electrons. The van der Waals surface area contributed by atoms with E-state index >= 15 is 0 Å². The van der Waals surface area contributed by atoms with Gasteiger partial charge in [0.15, 0.2) is 0 Å². The van der Waals surface area contributed by atoms with Gasteiger partial charge in [-0.3, -0.25) is 0 Å². The maximum atomic E-state index is 10.7. The summed E-state index contributed by atoms with van der Waals surface area (Å²) >= 11 is 3.28. The lowest BCUT2D eigenvalue weighted by Crippen LogP contribution is -1.94. The standard InChI is InChI=1S/C9H7BrN2O2/c10-5-1-2-6-4(8(5)11)3-7(12-6)9(13)14/h1-3,12H,11H2,(H,13,14). The lowest BCUT2D eigenvalue weighted by Gasteiger charge is -1.97. The Balaban J connectivity index is 2.77. The van der Waals surface area contributed by atoms with E-state index in [1.165, 1.54) is 6.07 Å². The van der Waals surface area contributed by atoms with Crippen LogP contribution in [0.1, 0.15) is 10.5 Å². The Morgan fingerprint density at radius 2 is 2.21 bits per heavy atom. The molecule has 0 saturated carbocycles. The van der Waals surface area contributed by atoms with E-state index in [1.807, 2.05) is 0 Å². The number of H-pyrrole nitrogens is 1. The maximum Gasteiger partial charge on any atom is 0.352 e. The minimum atomic E-state index is -0.989. The van der Waals surface area contributed by atoms with E-state index in [9.17, 15) is 4.79 Å². The third kappa shape index (κ3) is 1.26. The normalized spacial score (nSPS) is 10.6. The van der Waals surface area contributed by atoms with Crippen molar-refractivity contribution in [3.05, 3.63) is 28.4 Å². The highest BCUT2D eigenvalue weighted by Gasteiger charge is 2.10. The number of fused-ring (bicyclic) bond motifs is 1. The summed E-state index contributed by atoms with van der Waals surface area (Å²) in [5, 5.41) is 9.48. The predicted molar refractivity (Wildman–Crippen MR) is 57.4 cm³/mol. The van der Waals surface area contributed by atoms with E-state index in [0.29, 0.717) is 5.69 Å². The summed E-state index contributed by atoms with van der Waals surface area (Å²) in [4.78, 5) is 13.4. The van der Waals surface area contributed by atoms with Crippen LogP contribution in [-0.4, -0.2) is 16.1 Å². The van der Waals surface area contributed by atoms with Crippen LogP contribution in [-0.2, 0) is 0 Å². The van der Waals surface area contributed by atoms with E-state index in [4.69, 9.17) is 10.8 Å². The Hall–Kier alpha value is -1.49. The molecule has 4 nitrogen and oxygen atoms in total. The third-order valence-electron chi connectivity index (χ3n) is 2.02. The zero-order valence-electron chi connectivity index (χ0n) is 7.04. The molecule has 4 N–H and O–H groups in total. The van der Waals surface area contributed by atoms with Gasteiger partial charge in [0.05, 0.1) is 5.69 Å². The van der Waals surface area contributed by atoms with Crippen molar-refractivity contribution in [1.82, 2.24) is 4.98 Å². The van der Waals surface area contributed by atoms with Crippen molar-refractivity contribution < 1.29 is 9.90 Å². The van der Waals surface area contributed by atoms with Crippen molar-refractivity contribution in [1.29, 1.82) is 0 Å². The molecule has 1 aromatic heterocycles. The molecule has 0 bridgehead atoms. The molecule has 72 valence electrons. The van der Waals surface area contributed by atoms with Gasteiger partial charge in [-0.15, -0.1) is 0 Å². The highest BCUT2D eigenvalue weighted by molar-refractivity contribution is 9.10. The number of aromatic carboxylic acids is 1. The van der Waals surface area contributed by atoms with Gasteiger partial charge in [0, 0.05) is 15.4 Å². The van der Waals surface area contributed by atoms with Gasteiger partial charge in [0.1, 0.15) is 5.69 Å². The number of carbonyl (C=O) groups is 1. The fourth-order valence-electron chi connectivity index (χ4n) is 1.32. The van der Waals surface area contributed by atoms with Gasteiger partial charge in [-0.05, 0) is 34.1 Å². The molecule has 2 rings (SSSR count). The number of nitrogens with two attached hydrogens (primary N) is 1. The predicted octanol–water partition coefficient (Wildman–Crippen LogP) is 2.21. The number of carboxylic acids is 1. The van der Waals surface area contributed by atoms with Crippen LogP contribution in [0.15, 0.2) is 22.7 Å². The summed E-state index contributed by atoms with van der Waals surface area (Å²) in [6, 6.07) is 5.08. The van der Waals surface area contributed by atoms with Crippen LogP contribution in [0.2, 0.25) is 0 Å². The third-order valence-corrected chi connectivity index (χ3v) is 2.71. The SMILES string of the molecule is Nc1c(Br)ccc2[nH]c(C(=O)O)cc12. The molecule has 1 aromatic carbocycles. The molecule has 0 aliphatic heterocycles. The number of rotatable bonds is 1. The summed E-state index contributed by atoms with van der Waals surface area (Å²) in [5.74, 6) is -0.989. The van der Waals surface area contributed by atoms with Gasteiger partial charge in [0.2, 0.25) is 0 Å². The summed E-state index contributed by atoms with van der Waals surface area (Å²) < 4.78 is 0.765. The quantitative estimate of drug-likeness (QED) is 0.683. The number of hydrogen-bond donors (Lipinski definition) is 3. The summed E-state index contributed by atoms with van der Waals surface area (Å²) in [6.07, 6.45) is 0. The minimum absolute atomic E-state index is 0.143. The van der Waals surface area contributed by atoms with Crippen LogP contribution in [0.25, 0.3) is 10.9 Å². The number of benzene rings is 1. The second-order valence-corrected chi connectivity index (χ2v) is 3.76. The molecule has 0 amide bonds. The summed E-state index contributed by atoms with van der Waals surface area (Å²) in [5.41, 5.74) is 7.19. The molecular formula is C9H7BrN2O2. The van der Waals surface area contributed by atoms with Gasteiger partial charge >= 0.3 is 5.97 Å². The number of hydrogen-bond acceptors (Lipinski definition) is 2. The molecule has 5 heteroatoms. The Morgan fingerprint density at radius 1 is 1.50 bits per heavy atom. The van der Waals surface area contributed by atoms with Crippen molar-refractivity contribution in [2.24, 2.45) is 0 Å². The zero-order chi connectivity index (χ0) is 10.3. The highest BCUT2D eigenvalue weighted by Crippen LogP contribution is 2.29. The van der Waals surface area contributed by atoms with E-state index in [1.54, 1.807) is 12.1 Å². The molecule has 0 saturated heterocycles. The van der Waals surface area contributed by atoms with Crippen LogP contribution in [0, 0.1) is 0 Å². The van der Waals surface area contributed by atoms with Crippen LogP contribution in [0.5, 0.6) is 0 Å². The molecule has 0 aliphatic rings. The molecule has 0 fully saturated rings. The van der Waals surface area contributed by atoms with E-state index in [0.717, 1.165) is 15.4 Å². The second kappa shape index (κ2) is 3.02. The van der Waals surface area contributed by atoms with E-state index in [-0.39, 0.29) is 5.69 Å². The van der Waals surface area contributed by atoms with Crippen LogP contribution < -0.4 is 5.73 Å². The monoisotopic (exact) mass is 254 g/mol. The Morgan fingerprint density at radius 3 is 2.86 bits per heavy atom. The molecule has 2 aromatic rings. The second-order valence-electron chi connectivity index (χ2n) is 2.91. The largest absolute Gasteiger partial charge is 0.477 e. The average molecular weight is 255 g/mol. The van der Waals surface area contributed by atoms with Gasteiger partial charge in [-0.25, -0.2) is 4.79 Å². The van der Waals surface area contributed by atoms with Crippen LogP contribution in [0.4, 0.5) is 5.69 Å². The van der Waals surface area contributed by atoms with Crippen molar-refractivity contribution in [2.45, 2.75) is 0 Å². The van der Waals surface area contributed by atoms with E-state index in [2.05, 4.69) is 20.9 Å². The Kier molecular flexibility index (Phi) is 1.96. The molecule has 0 unspecified atom stereocenters. The molecule has 1 heterocycles. The van der Waals surface area contributed by atoms with Crippen molar-refractivity contribution in [3.63, 3.8) is 0 Å². The van der Waals surface area contributed by atoms with Gasteiger partial charge in [0.25, 0.3) is 0 Å². The number of carboxylic acid groups (broad SMARTS) is 1. The molecular weight excluding hydrogens is 248 g/mol. The topological polar surface area (TPSA) is 79.1 Å². The maximum absolute atomic E-state index is 10.7. The smallest absolute Gasteiger partial charge is 0.352 e. The lowest BCUT2D eigenvalue weighted by molar-refractivity contribution is 0.0691.